The van der Waals surface area contributed by atoms with Crippen molar-refractivity contribution in [1.29, 1.82) is 0 Å². The molecule has 0 spiro atoms. The summed E-state index contributed by atoms with van der Waals surface area (Å²) in [6, 6.07) is 44.6. The number of ether oxygens (including phenoxy) is 8. The first kappa shape index (κ1) is 65.5. The topological polar surface area (TPSA) is 131 Å². The molecule has 11 aromatic rings. The van der Waals surface area contributed by atoms with Crippen molar-refractivity contribution in [2.45, 2.75) is 158 Å². The number of nitrogens with zero attached hydrogens (tertiary/aromatic N) is 2. The molecule has 12 nitrogen and oxygen atoms in total. The molecule has 2 N–H and O–H groups in total. The average molecular weight is 1290 g/mol. The predicted octanol–water partition coefficient (Wildman–Crippen LogP) is 23.3. The summed E-state index contributed by atoms with van der Waals surface area (Å²) in [5.74, 6) is 6.06. The van der Waals surface area contributed by atoms with E-state index in [0.29, 0.717) is 52.9 Å². The van der Waals surface area contributed by atoms with Crippen LogP contribution in [0.4, 0.5) is 0 Å². The largest absolute Gasteiger partial charge is 0.490 e. The summed E-state index contributed by atoms with van der Waals surface area (Å²) in [5.41, 5.74) is 11.1. The molecule has 498 valence electrons. The summed E-state index contributed by atoms with van der Waals surface area (Å²) in [6.45, 7) is 22.4. The number of rotatable bonds is 32. The minimum atomic E-state index is 0.607. The lowest BCUT2D eigenvalue weighted by atomic mass is 9.97. The quantitative estimate of drug-likeness (QED) is 0.0393. The molecule has 12 heteroatoms. The Morgan fingerprint density at radius 2 is 0.385 bits per heavy atom. The van der Waals surface area contributed by atoms with Crippen molar-refractivity contribution >= 4 is 86.7 Å². The zero-order valence-electron chi connectivity index (χ0n) is 57.7. The van der Waals surface area contributed by atoms with Gasteiger partial charge in [0, 0.05) is 65.9 Å². The average Bonchev–Trinajstić information content (AvgIpc) is 1.50. The molecule has 5 heterocycles. The maximum absolute atomic E-state index is 6.55. The highest BCUT2D eigenvalue weighted by molar-refractivity contribution is 6.16. The van der Waals surface area contributed by atoms with Gasteiger partial charge in [-0.15, -0.1) is 0 Å². The fourth-order valence-corrected chi connectivity index (χ4v) is 13.0. The molecule has 0 saturated heterocycles. The van der Waals surface area contributed by atoms with Crippen molar-refractivity contribution in [3.05, 3.63) is 121 Å². The first-order valence-corrected chi connectivity index (χ1v) is 36.0. The number of unbranched alkanes of at least 4 members (excludes halogenated alkanes) is 8. The number of aromatic nitrogens is 4. The summed E-state index contributed by atoms with van der Waals surface area (Å²) < 4.78 is 52.4. The summed E-state index contributed by atoms with van der Waals surface area (Å²) >= 11 is 0. The molecule has 0 atom stereocenters. The van der Waals surface area contributed by atoms with E-state index in [2.05, 4.69) is 187 Å². The molecule has 13 rings (SSSR count). The van der Waals surface area contributed by atoms with E-state index in [1.165, 1.54) is 0 Å². The van der Waals surface area contributed by atoms with E-state index in [1.807, 2.05) is 0 Å². The van der Waals surface area contributed by atoms with E-state index in [9.17, 15) is 0 Å². The van der Waals surface area contributed by atoms with Crippen LogP contribution in [0.5, 0.6) is 46.0 Å². The van der Waals surface area contributed by atoms with Gasteiger partial charge in [-0.1, -0.05) is 107 Å². The number of nitrogens with one attached hydrogen (secondary N) is 2. The van der Waals surface area contributed by atoms with Gasteiger partial charge in [0.2, 0.25) is 0 Å². The summed E-state index contributed by atoms with van der Waals surface area (Å²) in [5, 5.41) is 12.5. The monoisotopic (exact) mass is 1290 g/mol. The van der Waals surface area contributed by atoms with E-state index in [0.717, 1.165) is 280 Å². The van der Waals surface area contributed by atoms with Crippen LogP contribution in [0.25, 0.3) is 132 Å². The Balaban J connectivity index is 1.13. The van der Waals surface area contributed by atoms with Gasteiger partial charge in [-0.3, -0.25) is 0 Å². The van der Waals surface area contributed by atoms with Crippen LogP contribution in [-0.4, -0.2) is 72.8 Å². The Labute approximate surface area is 565 Å². The molecule has 8 aromatic carbocycles. The first-order valence-electron chi connectivity index (χ1n) is 36.0. The number of aromatic amines is 2. The van der Waals surface area contributed by atoms with Gasteiger partial charge < -0.3 is 47.9 Å². The molecular formula is C84H94N4O8. The molecular weight excluding hydrogens is 1190 g/mol. The minimum Gasteiger partial charge on any atom is -0.490 e. The van der Waals surface area contributed by atoms with Crippen LogP contribution < -0.4 is 37.9 Å². The van der Waals surface area contributed by atoms with E-state index < -0.39 is 0 Å². The van der Waals surface area contributed by atoms with Crippen molar-refractivity contribution in [2.75, 3.05) is 52.9 Å². The van der Waals surface area contributed by atoms with E-state index in [-0.39, 0.29) is 0 Å². The van der Waals surface area contributed by atoms with Crippen LogP contribution >= 0.6 is 0 Å². The standard InChI is InChI=1S/C84H94N4O8/c1-9-17-25-89-77-41-53-33-61-62(34-54(53)42-78(77)90-26-18-10-2)70-50-72-65-37-57-45-81(93-29-21-13-5)82(94-30-22-14-6)46-58(57)38-66(65)74(87-72)52-76-68-40-60-48-84(96-32-24-16-8)83(95-31-23-15-7)47-59(60)39-67(68)75(88-76)51-73-64-36-56-44-80(92-28-20-12-4)79(91-27-19-11-3)43-55(56)35-63(64)71(86-73)49-69(61)85-70/h33-52,85,88H,9-32H2,1-8H3. The number of benzene rings is 8. The highest BCUT2D eigenvalue weighted by Gasteiger charge is 2.25. The third-order valence-corrected chi connectivity index (χ3v) is 18.6. The molecule has 8 bridgehead atoms. The normalized spacial score (nSPS) is 11.9. The number of hydrogen-bond donors (Lipinski definition) is 2. The van der Waals surface area contributed by atoms with Gasteiger partial charge in [-0.2, -0.15) is 0 Å². The van der Waals surface area contributed by atoms with Crippen molar-refractivity contribution in [1.82, 2.24) is 19.9 Å². The molecule has 0 aliphatic carbocycles. The Hall–Kier alpha value is -9.16. The molecule has 2 aliphatic rings. The van der Waals surface area contributed by atoms with Crippen LogP contribution in [0.3, 0.4) is 0 Å². The van der Waals surface area contributed by atoms with E-state index >= 15 is 0 Å². The minimum absolute atomic E-state index is 0.607. The molecule has 3 aromatic heterocycles. The molecule has 2 aliphatic heterocycles. The lowest BCUT2D eigenvalue weighted by Gasteiger charge is -2.15. The van der Waals surface area contributed by atoms with Gasteiger partial charge in [0.05, 0.1) is 75.6 Å². The Kier molecular flexibility index (Phi) is 20.7. The summed E-state index contributed by atoms with van der Waals surface area (Å²) in [7, 11) is 0. The van der Waals surface area contributed by atoms with Crippen LogP contribution in [0.2, 0.25) is 0 Å². The van der Waals surface area contributed by atoms with Crippen molar-refractivity contribution < 1.29 is 37.9 Å². The zero-order valence-corrected chi connectivity index (χ0v) is 57.7. The van der Waals surface area contributed by atoms with Crippen molar-refractivity contribution in [2.24, 2.45) is 0 Å². The van der Waals surface area contributed by atoms with Gasteiger partial charge in [0.1, 0.15) is 0 Å². The smallest absolute Gasteiger partial charge is 0.161 e. The van der Waals surface area contributed by atoms with Crippen LogP contribution in [0.15, 0.2) is 121 Å². The molecule has 96 heavy (non-hydrogen) atoms. The fourth-order valence-electron chi connectivity index (χ4n) is 13.0. The van der Waals surface area contributed by atoms with Gasteiger partial charge in [-0.05, 0) is 216 Å². The molecule has 0 saturated carbocycles. The Bertz CT molecular complexity index is 4220. The fraction of sp³-hybridized carbons (Fsp3) is 0.381. The Morgan fingerprint density at radius 1 is 0.219 bits per heavy atom. The number of H-pyrrole nitrogens is 2. The van der Waals surface area contributed by atoms with Gasteiger partial charge >= 0.3 is 0 Å². The second kappa shape index (κ2) is 30.3. The maximum Gasteiger partial charge on any atom is 0.161 e. The van der Waals surface area contributed by atoms with E-state index in [4.69, 9.17) is 47.9 Å². The molecule has 0 amide bonds. The van der Waals surface area contributed by atoms with Crippen LogP contribution in [0, 0.1) is 0 Å². The van der Waals surface area contributed by atoms with Gasteiger partial charge in [0.25, 0.3) is 0 Å². The second-order valence-electron chi connectivity index (χ2n) is 26.0. The van der Waals surface area contributed by atoms with Crippen LogP contribution in [0.1, 0.15) is 158 Å². The highest BCUT2D eigenvalue weighted by Crippen LogP contribution is 2.47. The number of fused-ring (bicyclic) bond motifs is 24. The third kappa shape index (κ3) is 13.9. The SMILES string of the molecule is CCCCOc1cc2cc3c(cc2cc1OCCCC)-c1cc2[nH]c(cc4nc(cc5[nH]c(cc-3n1)c1cc3cc(OCCCC)c(OCCCC)cc3cc51)-c1cc3cc(OCCCC)c(OCCCC)cc3cc1-4)c1cc3cc(OCCCC)c(OCCCC)cc3cc21. The Morgan fingerprint density at radius 3 is 0.552 bits per heavy atom. The third-order valence-electron chi connectivity index (χ3n) is 18.6. The molecule has 0 unspecified atom stereocenters. The molecule has 0 radical (unpaired) electrons. The van der Waals surface area contributed by atoms with Gasteiger partial charge in [-0.25, -0.2) is 9.97 Å². The maximum atomic E-state index is 6.55. The number of hydrogen-bond acceptors (Lipinski definition) is 10. The predicted molar refractivity (Wildman–Crippen MR) is 398 cm³/mol. The van der Waals surface area contributed by atoms with Crippen LogP contribution in [-0.2, 0) is 0 Å². The zero-order chi connectivity index (χ0) is 66.1. The second-order valence-corrected chi connectivity index (χ2v) is 26.0. The highest BCUT2D eigenvalue weighted by atomic mass is 16.5. The van der Waals surface area contributed by atoms with Crippen molar-refractivity contribution in [3.8, 4) is 91.0 Å². The van der Waals surface area contributed by atoms with Crippen molar-refractivity contribution in [3.63, 3.8) is 0 Å². The summed E-state index contributed by atoms with van der Waals surface area (Å²) in [6.07, 6.45) is 15.8. The lowest BCUT2D eigenvalue weighted by Crippen LogP contribution is -2.02. The molecule has 0 fully saturated rings. The summed E-state index contributed by atoms with van der Waals surface area (Å²) in [4.78, 5) is 19.5. The van der Waals surface area contributed by atoms with E-state index in [1.54, 1.807) is 0 Å². The lowest BCUT2D eigenvalue weighted by molar-refractivity contribution is 0.262. The van der Waals surface area contributed by atoms with Gasteiger partial charge in [0.15, 0.2) is 46.0 Å². The first-order chi connectivity index (χ1) is 47.2.